The summed E-state index contributed by atoms with van der Waals surface area (Å²) < 4.78 is 0. The van der Waals surface area contributed by atoms with Crippen LogP contribution in [0, 0.1) is 40.5 Å². The van der Waals surface area contributed by atoms with Gasteiger partial charge in [0.2, 0.25) is 0 Å². The van der Waals surface area contributed by atoms with E-state index in [4.69, 9.17) is 0 Å². The van der Waals surface area contributed by atoms with Crippen LogP contribution in [-0.4, -0.2) is 31.6 Å². The largest absolute Gasteiger partial charge is 0.301 e. The van der Waals surface area contributed by atoms with E-state index in [-0.39, 0.29) is 17.1 Å². The molecule has 16 heteroatoms. The SMILES string of the molecule is CCC(/C=N/Nc1ccc([N+](=O)[O-])cc1[N+](=O)[O-])=N\Nc1ccc([N+](=O)[O-])cc1[N+](=O)[O-]. The molecular formula is C16H14N8O8. The zero-order valence-corrected chi connectivity index (χ0v) is 16.2. The minimum absolute atomic E-state index is 0.0982. The topological polar surface area (TPSA) is 221 Å². The first-order chi connectivity index (χ1) is 15.1. The van der Waals surface area contributed by atoms with E-state index >= 15 is 0 Å². The lowest BCUT2D eigenvalue weighted by Gasteiger charge is -2.04. The van der Waals surface area contributed by atoms with Gasteiger partial charge in [-0.3, -0.25) is 51.3 Å². The van der Waals surface area contributed by atoms with Crippen LogP contribution in [0.25, 0.3) is 0 Å². The third-order valence-corrected chi connectivity index (χ3v) is 3.86. The number of benzene rings is 2. The summed E-state index contributed by atoms with van der Waals surface area (Å²) in [6.07, 6.45) is 1.47. The zero-order chi connectivity index (χ0) is 23.8. The van der Waals surface area contributed by atoms with Crippen molar-refractivity contribution < 1.29 is 19.7 Å². The smallest absolute Gasteiger partial charge is 0.272 e. The molecule has 0 aliphatic heterocycles. The highest BCUT2D eigenvalue weighted by atomic mass is 16.6. The van der Waals surface area contributed by atoms with Gasteiger partial charge in [-0.15, -0.1) is 0 Å². The van der Waals surface area contributed by atoms with Gasteiger partial charge >= 0.3 is 11.4 Å². The van der Waals surface area contributed by atoms with Crippen molar-refractivity contribution in [3.05, 3.63) is 76.9 Å². The Morgan fingerprint density at radius 2 is 1.28 bits per heavy atom. The van der Waals surface area contributed by atoms with Crippen LogP contribution in [-0.2, 0) is 0 Å². The lowest BCUT2D eigenvalue weighted by Crippen LogP contribution is -2.06. The summed E-state index contributed by atoms with van der Waals surface area (Å²) in [7, 11) is 0. The number of hydrogen-bond acceptors (Lipinski definition) is 12. The molecule has 2 aromatic rings. The Morgan fingerprint density at radius 3 is 1.69 bits per heavy atom. The molecule has 0 fully saturated rings. The zero-order valence-electron chi connectivity index (χ0n) is 16.2. The van der Waals surface area contributed by atoms with Crippen molar-refractivity contribution >= 4 is 46.1 Å². The molecule has 0 radical (unpaired) electrons. The summed E-state index contributed by atoms with van der Waals surface area (Å²) in [5.41, 5.74) is 2.83. The van der Waals surface area contributed by atoms with Crippen LogP contribution in [0.2, 0.25) is 0 Å². The quantitative estimate of drug-likeness (QED) is 0.306. The van der Waals surface area contributed by atoms with E-state index in [0.717, 1.165) is 36.4 Å². The summed E-state index contributed by atoms with van der Waals surface area (Å²) in [4.78, 5) is 40.7. The molecule has 2 rings (SSSR count). The van der Waals surface area contributed by atoms with Crippen LogP contribution in [0.5, 0.6) is 0 Å². The molecule has 0 unspecified atom stereocenters. The van der Waals surface area contributed by atoms with Gasteiger partial charge in [-0.2, -0.15) is 10.2 Å². The average Bonchev–Trinajstić information content (AvgIpc) is 2.75. The molecule has 32 heavy (non-hydrogen) atoms. The Bertz CT molecular complexity index is 1150. The van der Waals surface area contributed by atoms with Crippen LogP contribution >= 0.6 is 0 Å². The number of anilines is 2. The van der Waals surface area contributed by atoms with Crippen molar-refractivity contribution in [3.63, 3.8) is 0 Å². The van der Waals surface area contributed by atoms with E-state index in [2.05, 4.69) is 21.1 Å². The summed E-state index contributed by atoms with van der Waals surface area (Å²) in [6, 6.07) is 5.95. The molecule has 0 aliphatic rings. The predicted octanol–water partition coefficient (Wildman–Crippen LogP) is 3.60. The van der Waals surface area contributed by atoms with Crippen molar-refractivity contribution in [1.29, 1.82) is 0 Å². The van der Waals surface area contributed by atoms with E-state index in [1.807, 2.05) is 0 Å². The fourth-order valence-corrected chi connectivity index (χ4v) is 2.27. The van der Waals surface area contributed by atoms with Crippen molar-refractivity contribution in [3.8, 4) is 0 Å². The summed E-state index contributed by atoms with van der Waals surface area (Å²) in [6.45, 7) is 1.69. The number of nitrogens with one attached hydrogen (secondary N) is 2. The van der Waals surface area contributed by atoms with E-state index in [1.165, 1.54) is 6.21 Å². The van der Waals surface area contributed by atoms with Crippen LogP contribution in [0.4, 0.5) is 34.1 Å². The number of nitrogens with zero attached hydrogens (tertiary/aromatic N) is 6. The van der Waals surface area contributed by atoms with E-state index in [0.29, 0.717) is 6.42 Å². The second kappa shape index (κ2) is 10.1. The van der Waals surface area contributed by atoms with Gasteiger partial charge in [0, 0.05) is 12.1 Å². The summed E-state index contributed by atoms with van der Waals surface area (Å²) in [5, 5.41) is 51.6. The van der Waals surface area contributed by atoms with Gasteiger partial charge in [0.05, 0.1) is 43.8 Å². The lowest BCUT2D eigenvalue weighted by molar-refractivity contribution is -0.393. The van der Waals surface area contributed by atoms with E-state index in [9.17, 15) is 40.5 Å². The standard InChI is InChI=1S/C16H14N8O8/c1-2-10(18-20-14-6-4-12(22(27)28)8-16(14)24(31)32)9-17-19-13-5-3-11(21(25)26)7-15(13)23(29)30/h3-9,19-20H,2H2,1H3/b17-9+,18-10+. The average molecular weight is 446 g/mol. The third kappa shape index (κ3) is 5.75. The Kier molecular flexibility index (Phi) is 7.37. The minimum atomic E-state index is -0.811. The monoisotopic (exact) mass is 446 g/mol. The van der Waals surface area contributed by atoms with Crippen molar-refractivity contribution in [1.82, 2.24) is 0 Å². The van der Waals surface area contributed by atoms with E-state index < -0.39 is 42.4 Å². The van der Waals surface area contributed by atoms with Gasteiger partial charge in [0.15, 0.2) is 0 Å². The molecule has 0 saturated carbocycles. The van der Waals surface area contributed by atoms with Crippen LogP contribution in [0.3, 0.4) is 0 Å². The molecule has 16 nitrogen and oxygen atoms in total. The molecule has 0 heterocycles. The van der Waals surface area contributed by atoms with Gasteiger partial charge < -0.3 is 0 Å². The lowest BCUT2D eigenvalue weighted by atomic mass is 10.2. The number of nitro groups is 4. The number of rotatable bonds is 10. The maximum atomic E-state index is 11.2. The highest BCUT2D eigenvalue weighted by molar-refractivity contribution is 6.30. The number of hydrogen-bond donors (Lipinski definition) is 2. The van der Waals surface area contributed by atoms with Crippen LogP contribution in [0.1, 0.15) is 13.3 Å². The minimum Gasteiger partial charge on any atom is -0.272 e. The number of non-ortho nitro benzene ring substituents is 2. The number of nitro benzene ring substituents is 4. The van der Waals surface area contributed by atoms with Gasteiger partial charge in [-0.05, 0) is 18.6 Å². The second-order valence-corrected chi connectivity index (χ2v) is 5.87. The third-order valence-electron chi connectivity index (χ3n) is 3.86. The second-order valence-electron chi connectivity index (χ2n) is 5.87. The highest BCUT2D eigenvalue weighted by Gasteiger charge is 2.20. The number of hydrazone groups is 2. The first-order valence-corrected chi connectivity index (χ1v) is 8.61. The van der Waals surface area contributed by atoms with Crippen molar-refractivity contribution in [2.24, 2.45) is 10.2 Å². The van der Waals surface area contributed by atoms with Crippen LogP contribution in [0.15, 0.2) is 46.6 Å². The molecule has 0 saturated heterocycles. The molecular weight excluding hydrogens is 432 g/mol. The van der Waals surface area contributed by atoms with Gasteiger partial charge in [-0.25, -0.2) is 0 Å². The predicted molar refractivity (Wildman–Crippen MR) is 113 cm³/mol. The fourth-order valence-electron chi connectivity index (χ4n) is 2.27. The van der Waals surface area contributed by atoms with E-state index in [1.54, 1.807) is 6.92 Å². The molecule has 0 atom stereocenters. The Labute approximate surface area is 177 Å². The van der Waals surface area contributed by atoms with Gasteiger partial charge in [-0.1, -0.05) is 6.92 Å². The first kappa shape index (κ1) is 23.3. The summed E-state index contributed by atoms with van der Waals surface area (Å²) in [5.74, 6) is 0. The highest BCUT2D eigenvalue weighted by Crippen LogP contribution is 2.30. The molecule has 0 bridgehead atoms. The molecule has 166 valence electrons. The molecule has 0 aromatic heterocycles. The van der Waals surface area contributed by atoms with Crippen molar-refractivity contribution in [2.45, 2.75) is 13.3 Å². The maximum Gasteiger partial charge on any atom is 0.301 e. The summed E-state index contributed by atoms with van der Waals surface area (Å²) >= 11 is 0. The molecule has 0 amide bonds. The maximum absolute atomic E-state index is 11.2. The van der Waals surface area contributed by atoms with Crippen LogP contribution < -0.4 is 10.9 Å². The molecule has 0 aliphatic carbocycles. The molecule has 2 aromatic carbocycles. The van der Waals surface area contributed by atoms with Crippen molar-refractivity contribution in [2.75, 3.05) is 10.9 Å². The Balaban J connectivity index is 2.21. The molecule has 2 N–H and O–H groups in total. The van der Waals surface area contributed by atoms with Gasteiger partial charge in [0.1, 0.15) is 11.4 Å². The Hall–Kier alpha value is -5.02. The normalized spacial score (nSPS) is 11.2. The van der Waals surface area contributed by atoms with Gasteiger partial charge in [0.25, 0.3) is 11.4 Å². The first-order valence-electron chi connectivity index (χ1n) is 8.61. The fraction of sp³-hybridized carbons (Fsp3) is 0.125. The molecule has 0 spiro atoms. The Morgan fingerprint density at radius 1 is 0.812 bits per heavy atom.